The van der Waals surface area contributed by atoms with Crippen LogP contribution in [0.3, 0.4) is 0 Å². The summed E-state index contributed by atoms with van der Waals surface area (Å²) in [4.78, 5) is 12.0. The molecule has 7 nitrogen and oxygen atoms in total. The molecule has 0 saturated carbocycles. The van der Waals surface area contributed by atoms with Crippen LogP contribution in [0.25, 0.3) is 6.08 Å². The molecule has 0 heterocycles. The Balaban J connectivity index is 1.50. The third kappa shape index (κ3) is 12.2. The number of methoxy groups -OCH3 is 2. The lowest BCUT2D eigenvalue weighted by molar-refractivity contribution is -0.120. The maximum atomic E-state index is 12.0. The molecule has 2 aromatic rings. The molecule has 0 aliphatic heterocycles. The zero-order valence-corrected chi connectivity index (χ0v) is 22.2. The van der Waals surface area contributed by atoms with Gasteiger partial charge in [-0.2, -0.15) is 0 Å². The molecule has 0 radical (unpaired) electrons. The molecular formula is C29H42N2O5. The van der Waals surface area contributed by atoms with Crippen molar-refractivity contribution >= 4 is 12.0 Å². The van der Waals surface area contributed by atoms with E-state index in [0.29, 0.717) is 26.4 Å². The Kier molecular flexibility index (Phi) is 14.3. The van der Waals surface area contributed by atoms with E-state index in [1.165, 1.54) is 5.56 Å². The maximum Gasteiger partial charge on any atom is 0.223 e. The van der Waals surface area contributed by atoms with Gasteiger partial charge in [-0.1, -0.05) is 42.5 Å². The van der Waals surface area contributed by atoms with Crippen LogP contribution in [-0.2, 0) is 27.3 Å². The zero-order chi connectivity index (χ0) is 26.0. The quantitative estimate of drug-likeness (QED) is 0.228. The number of benzene rings is 2. The number of amides is 1. The molecule has 198 valence electrons. The van der Waals surface area contributed by atoms with E-state index < -0.39 is 0 Å². The molecule has 0 fully saturated rings. The second-order valence-electron chi connectivity index (χ2n) is 8.78. The molecule has 2 aromatic carbocycles. The van der Waals surface area contributed by atoms with Gasteiger partial charge in [-0.15, -0.1) is 0 Å². The van der Waals surface area contributed by atoms with Crippen molar-refractivity contribution in [1.29, 1.82) is 0 Å². The lowest BCUT2D eigenvalue weighted by Crippen LogP contribution is -2.27. The van der Waals surface area contributed by atoms with Crippen molar-refractivity contribution in [3.8, 4) is 11.5 Å². The molecule has 0 atom stereocenters. The summed E-state index contributed by atoms with van der Waals surface area (Å²) in [5.74, 6) is 1.55. The van der Waals surface area contributed by atoms with Crippen LogP contribution in [-0.4, -0.2) is 52.7 Å². The molecule has 0 aliphatic rings. The summed E-state index contributed by atoms with van der Waals surface area (Å²) in [7, 11) is 3.30. The summed E-state index contributed by atoms with van der Waals surface area (Å²) in [5, 5.41) is 6.40. The first-order chi connectivity index (χ1) is 17.5. The maximum absolute atomic E-state index is 12.0. The fraction of sp³-hybridized carbons (Fsp3) is 0.483. The van der Waals surface area contributed by atoms with Crippen molar-refractivity contribution in [1.82, 2.24) is 10.6 Å². The second-order valence-corrected chi connectivity index (χ2v) is 8.78. The van der Waals surface area contributed by atoms with E-state index in [0.717, 1.165) is 55.0 Å². The van der Waals surface area contributed by atoms with Crippen LogP contribution in [0, 0.1) is 0 Å². The third-order valence-electron chi connectivity index (χ3n) is 5.47. The van der Waals surface area contributed by atoms with Crippen molar-refractivity contribution in [2.24, 2.45) is 0 Å². The van der Waals surface area contributed by atoms with E-state index >= 15 is 0 Å². The van der Waals surface area contributed by atoms with Gasteiger partial charge in [-0.3, -0.25) is 4.79 Å². The first kappa shape index (κ1) is 29.4. The Morgan fingerprint density at radius 1 is 0.917 bits per heavy atom. The highest BCUT2D eigenvalue weighted by Gasteiger charge is 2.04. The Labute approximate surface area is 216 Å². The van der Waals surface area contributed by atoms with Crippen LogP contribution in [0.1, 0.15) is 49.8 Å². The van der Waals surface area contributed by atoms with Crippen molar-refractivity contribution in [3.63, 3.8) is 0 Å². The van der Waals surface area contributed by atoms with Gasteiger partial charge in [0.15, 0.2) is 11.5 Å². The highest BCUT2D eigenvalue weighted by molar-refractivity contribution is 5.78. The van der Waals surface area contributed by atoms with Crippen molar-refractivity contribution in [2.75, 3.05) is 40.6 Å². The number of aryl methyl sites for hydroxylation is 1. The van der Waals surface area contributed by atoms with E-state index in [1.807, 2.05) is 62.4 Å². The minimum absolute atomic E-state index is 0.0369. The molecule has 2 rings (SSSR count). The van der Waals surface area contributed by atoms with E-state index in [4.69, 9.17) is 18.9 Å². The fourth-order valence-corrected chi connectivity index (χ4v) is 3.46. The van der Waals surface area contributed by atoms with Gasteiger partial charge in [0.2, 0.25) is 5.91 Å². The Hall–Kier alpha value is -2.87. The minimum Gasteiger partial charge on any atom is -0.493 e. The third-order valence-corrected chi connectivity index (χ3v) is 5.47. The van der Waals surface area contributed by atoms with Gasteiger partial charge in [-0.25, -0.2) is 0 Å². The highest BCUT2D eigenvalue weighted by atomic mass is 16.7. The van der Waals surface area contributed by atoms with E-state index in [1.54, 1.807) is 14.2 Å². The molecule has 2 N–H and O–H groups in total. The van der Waals surface area contributed by atoms with Gasteiger partial charge in [-0.05, 0) is 75.0 Å². The van der Waals surface area contributed by atoms with Gasteiger partial charge in [0.05, 0.1) is 26.9 Å². The van der Waals surface area contributed by atoms with E-state index in [-0.39, 0.29) is 12.0 Å². The van der Waals surface area contributed by atoms with Gasteiger partial charge in [0, 0.05) is 13.0 Å². The summed E-state index contributed by atoms with van der Waals surface area (Å²) in [6.45, 7) is 7.26. The van der Waals surface area contributed by atoms with E-state index in [2.05, 4.69) is 16.7 Å². The van der Waals surface area contributed by atoms with E-state index in [9.17, 15) is 4.79 Å². The second kappa shape index (κ2) is 17.5. The molecule has 0 spiro atoms. The number of carbonyl (C=O) groups excluding carboxylic acids is 1. The zero-order valence-electron chi connectivity index (χ0n) is 22.2. The molecule has 36 heavy (non-hydrogen) atoms. The lowest BCUT2D eigenvalue weighted by atomic mass is 10.1. The van der Waals surface area contributed by atoms with Crippen LogP contribution in [0.4, 0.5) is 0 Å². The monoisotopic (exact) mass is 498 g/mol. The topological polar surface area (TPSA) is 78.1 Å². The molecule has 1 amide bonds. The van der Waals surface area contributed by atoms with Gasteiger partial charge in [0.1, 0.15) is 6.79 Å². The molecule has 0 aromatic heterocycles. The summed E-state index contributed by atoms with van der Waals surface area (Å²) >= 11 is 0. The number of rotatable bonds is 18. The van der Waals surface area contributed by atoms with Crippen molar-refractivity contribution in [2.45, 2.75) is 52.2 Å². The SMILES string of the molecule is COc1ccc(CCCNCCCNC(=O)C/C=C/c2ccc(COCOC(C)C)cc2)cc1OC. The number of hydrogen-bond donors (Lipinski definition) is 2. The predicted molar refractivity (Wildman–Crippen MR) is 144 cm³/mol. The molecule has 0 aliphatic carbocycles. The Morgan fingerprint density at radius 3 is 2.36 bits per heavy atom. The average Bonchev–Trinajstić information content (AvgIpc) is 2.88. The van der Waals surface area contributed by atoms with Crippen LogP contribution in [0.15, 0.2) is 48.5 Å². The minimum atomic E-state index is 0.0369. The molecule has 0 saturated heterocycles. The average molecular weight is 499 g/mol. The number of hydrogen-bond acceptors (Lipinski definition) is 6. The van der Waals surface area contributed by atoms with Crippen molar-refractivity contribution in [3.05, 3.63) is 65.2 Å². The summed E-state index contributed by atoms with van der Waals surface area (Å²) in [6.07, 6.45) is 7.30. The van der Waals surface area contributed by atoms with Crippen LogP contribution in [0.2, 0.25) is 0 Å². The number of ether oxygens (including phenoxy) is 4. The standard InChI is InChI=1S/C29H42N2O5/c1-23(2)36-22-35-21-26-13-11-24(12-14-26)8-5-10-29(32)31-19-7-18-30-17-6-9-25-15-16-27(33-3)28(20-25)34-4/h5,8,11-16,20,23,30H,6-7,9-10,17-19,21-22H2,1-4H3,(H,31,32)/b8-5+. The van der Waals surface area contributed by atoms with Crippen LogP contribution < -0.4 is 20.1 Å². The molecule has 0 unspecified atom stereocenters. The summed E-state index contributed by atoms with van der Waals surface area (Å²) in [6, 6.07) is 14.1. The molecule has 7 heteroatoms. The largest absolute Gasteiger partial charge is 0.493 e. The predicted octanol–water partition coefficient (Wildman–Crippen LogP) is 4.73. The first-order valence-electron chi connectivity index (χ1n) is 12.6. The van der Waals surface area contributed by atoms with Crippen molar-refractivity contribution < 1.29 is 23.7 Å². The molecule has 0 bridgehead atoms. The first-order valence-corrected chi connectivity index (χ1v) is 12.6. The van der Waals surface area contributed by atoms with Gasteiger partial charge in [0.25, 0.3) is 0 Å². The fourth-order valence-electron chi connectivity index (χ4n) is 3.46. The Morgan fingerprint density at radius 2 is 1.64 bits per heavy atom. The summed E-state index contributed by atoms with van der Waals surface area (Å²) in [5.41, 5.74) is 3.38. The lowest BCUT2D eigenvalue weighted by Gasteiger charge is -2.10. The number of nitrogens with one attached hydrogen (secondary N) is 2. The molecular weight excluding hydrogens is 456 g/mol. The highest BCUT2D eigenvalue weighted by Crippen LogP contribution is 2.27. The van der Waals surface area contributed by atoms with Crippen LogP contribution >= 0.6 is 0 Å². The summed E-state index contributed by atoms with van der Waals surface area (Å²) < 4.78 is 21.5. The number of carbonyl (C=O) groups is 1. The van der Waals surface area contributed by atoms with Gasteiger partial charge >= 0.3 is 0 Å². The van der Waals surface area contributed by atoms with Crippen LogP contribution in [0.5, 0.6) is 11.5 Å². The normalized spacial score (nSPS) is 11.2. The van der Waals surface area contributed by atoms with Gasteiger partial charge < -0.3 is 29.6 Å². The Bertz CT molecular complexity index is 912. The smallest absolute Gasteiger partial charge is 0.223 e.